The SMILES string of the molecule is CCCCCCCCCCC/C=C\C/C=C\CCCCCCCCC(O)C(=O)NC(CS(=O)(=O)O)C(O)/C=C/CCCCCCCCCCCCCCCCCCC. The lowest BCUT2D eigenvalue weighted by Gasteiger charge is -2.22. The van der Waals surface area contributed by atoms with Gasteiger partial charge in [0.05, 0.1) is 17.9 Å². The van der Waals surface area contributed by atoms with E-state index in [9.17, 15) is 28.0 Å². The summed E-state index contributed by atoms with van der Waals surface area (Å²) in [4.78, 5) is 12.7. The molecule has 0 aliphatic carbocycles. The zero-order valence-corrected chi connectivity index (χ0v) is 38.9. The number of rotatable bonds is 45. The first-order valence-electron chi connectivity index (χ1n) is 24.8. The van der Waals surface area contributed by atoms with E-state index < -0.39 is 40.0 Å². The number of carbonyl (C=O) groups excluding carboxylic acids is 1. The van der Waals surface area contributed by atoms with Gasteiger partial charge in [0.15, 0.2) is 0 Å². The predicted octanol–water partition coefficient (Wildman–Crippen LogP) is 14.2. The summed E-state index contributed by atoms with van der Waals surface area (Å²) in [6.45, 7) is 4.54. The van der Waals surface area contributed by atoms with E-state index in [0.717, 1.165) is 64.2 Å². The van der Waals surface area contributed by atoms with Gasteiger partial charge >= 0.3 is 0 Å². The van der Waals surface area contributed by atoms with Gasteiger partial charge in [0, 0.05) is 0 Å². The summed E-state index contributed by atoms with van der Waals surface area (Å²) < 4.78 is 32.7. The third-order valence-corrected chi connectivity index (χ3v) is 12.2. The Kier molecular flexibility index (Phi) is 42.5. The number of hydrogen-bond donors (Lipinski definition) is 4. The Morgan fingerprint density at radius 1 is 0.483 bits per heavy atom. The van der Waals surface area contributed by atoms with Crippen LogP contribution in [0.5, 0.6) is 0 Å². The summed E-state index contributed by atoms with van der Waals surface area (Å²) >= 11 is 0. The van der Waals surface area contributed by atoms with Crippen LogP contribution in [-0.4, -0.2) is 53.1 Å². The molecular formula is C50H95NO6S. The Labute approximate surface area is 359 Å². The molecule has 0 aromatic heterocycles. The van der Waals surface area contributed by atoms with Gasteiger partial charge in [0.1, 0.15) is 6.10 Å². The van der Waals surface area contributed by atoms with E-state index in [1.165, 1.54) is 167 Å². The molecule has 58 heavy (non-hydrogen) atoms. The maximum atomic E-state index is 12.7. The number of hydrogen-bond acceptors (Lipinski definition) is 5. The van der Waals surface area contributed by atoms with E-state index in [2.05, 4.69) is 43.5 Å². The summed E-state index contributed by atoms with van der Waals surface area (Å²) in [6.07, 6.45) is 54.9. The minimum atomic E-state index is -4.45. The maximum absolute atomic E-state index is 12.7. The standard InChI is InChI=1S/C50H95NO6S/c1-3-5-7-9-11-13-15-17-19-21-23-24-25-27-29-31-33-35-37-39-41-43-45-49(53)50(54)51-47(46-58(55,56)57)48(52)44-42-40-38-36-34-32-30-28-26-22-20-18-16-14-12-10-8-6-4-2/h23-24,27,29,42,44,47-49,52-53H,3-22,25-26,28,30-41,43,45-46H2,1-2H3,(H,51,54)(H,55,56,57)/b24-23-,29-27-,44-42+. The third-order valence-electron chi connectivity index (χ3n) is 11.4. The highest BCUT2D eigenvalue weighted by molar-refractivity contribution is 7.85. The van der Waals surface area contributed by atoms with Crippen LogP contribution in [0.4, 0.5) is 0 Å². The molecule has 1 amide bonds. The molecule has 0 aliphatic rings. The van der Waals surface area contributed by atoms with Crippen LogP contribution in [0.25, 0.3) is 0 Å². The molecule has 0 radical (unpaired) electrons. The summed E-state index contributed by atoms with van der Waals surface area (Å²) in [5, 5.41) is 23.5. The van der Waals surface area contributed by atoms with Gasteiger partial charge in [-0.1, -0.05) is 237 Å². The van der Waals surface area contributed by atoms with Crippen LogP contribution in [0, 0.1) is 0 Å². The molecule has 7 nitrogen and oxygen atoms in total. The van der Waals surface area contributed by atoms with Crippen molar-refractivity contribution in [3.8, 4) is 0 Å². The van der Waals surface area contributed by atoms with Gasteiger partial charge in [0.25, 0.3) is 10.1 Å². The fraction of sp³-hybridized carbons (Fsp3) is 0.860. The van der Waals surface area contributed by atoms with E-state index in [1.54, 1.807) is 0 Å². The van der Waals surface area contributed by atoms with Gasteiger partial charge in [-0.3, -0.25) is 9.35 Å². The number of unbranched alkanes of at least 4 members (excludes halogenated alkanes) is 32. The Balaban J connectivity index is 3.94. The Morgan fingerprint density at radius 2 is 0.810 bits per heavy atom. The van der Waals surface area contributed by atoms with Gasteiger partial charge in [-0.05, 0) is 51.4 Å². The lowest BCUT2D eigenvalue weighted by molar-refractivity contribution is -0.130. The zero-order valence-electron chi connectivity index (χ0n) is 38.0. The number of aliphatic hydroxyl groups is 2. The van der Waals surface area contributed by atoms with Gasteiger partial charge in [-0.25, -0.2) is 0 Å². The molecule has 0 fully saturated rings. The molecule has 0 bridgehead atoms. The molecule has 0 saturated heterocycles. The van der Waals surface area contributed by atoms with E-state index in [4.69, 9.17) is 0 Å². The fourth-order valence-electron chi connectivity index (χ4n) is 7.61. The molecule has 3 unspecified atom stereocenters. The van der Waals surface area contributed by atoms with Crippen LogP contribution in [0.1, 0.15) is 251 Å². The van der Waals surface area contributed by atoms with Crippen molar-refractivity contribution >= 4 is 16.0 Å². The molecule has 0 rings (SSSR count). The molecule has 0 saturated carbocycles. The Hall–Kier alpha value is -1.48. The van der Waals surface area contributed by atoms with Crippen LogP contribution in [0.15, 0.2) is 36.5 Å². The van der Waals surface area contributed by atoms with Crippen LogP contribution in [0.3, 0.4) is 0 Å². The first kappa shape index (κ1) is 56.5. The van der Waals surface area contributed by atoms with Gasteiger partial charge in [-0.15, -0.1) is 0 Å². The number of aliphatic hydroxyl groups excluding tert-OH is 2. The van der Waals surface area contributed by atoms with E-state index in [-0.39, 0.29) is 6.42 Å². The molecule has 0 aromatic carbocycles. The molecule has 0 spiro atoms. The largest absolute Gasteiger partial charge is 0.387 e. The van der Waals surface area contributed by atoms with Crippen molar-refractivity contribution in [3.05, 3.63) is 36.5 Å². The van der Waals surface area contributed by atoms with Gasteiger partial charge in [-0.2, -0.15) is 8.42 Å². The molecule has 4 N–H and O–H groups in total. The monoisotopic (exact) mass is 838 g/mol. The van der Waals surface area contributed by atoms with Crippen molar-refractivity contribution in [2.24, 2.45) is 0 Å². The molecule has 3 atom stereocenters. The van der Waals surface area contributed by atoms with Crippen LogP contribution >= 0.6 is 0 Å². The maximum Gasteiger partial charge on any atom is 0.267 e. The van der Waals surface area contributed by atoms with E-state index >= 15 is 0 Å². The minimum Gasteiger partial charge on any atom is -0.387 e. The van der Waals surface area contributed by atoms with Gasteiger partial charge in [0.2, 0.25) is 5.91 Å². The predicted molar refractivity (Wildman–Crippen MR) is 250 cm³/mol. The Bertz CT molecular complexity index is 1070. The highest BCUT2D eigenvalue weighted by atomic mass is 32.2. The average Bonchev–Trinajstić information content (AvgIpc) is 3.19. The molecule has 0 aliphatic heterocycles. The van der Waals surface area contributed by atoms with Crippen molar-refractivity contribution < 1.29 is 28.0 Å². The first-order valence-corrected chi connectivity index (χ1v) is 26.4. The number of amides is 1. The topological polar surface area (TPSA) is 124 Å². The highest BCUT2D eigenvalue weighted by Gasteiger charge is 2.27. The summed E-state index contributed by atoms with van der Waals surface area (Å²) in [7, 11) is -4.45. The van der Waals surface area contributed by atoms with Crippen LogP contribution < -0.4 is 5.32 Å². The molecule has 0 heterocycles. The smallest absolute Gasteiger partial charge is 0.267 e. The summed E-state index contributed by atoms with van der Waals surface area (Å²) in [5.74, 6) is -1.54. The van der Waals surface area contributed by atoms with E-state index in [0.29, 0.717) is 6.42 Å². The minimum absolute atomic E-state index is 0.269. The lowest BCUT2D eigenvalue weighted by Crippen LogP contribution is -2.50. The second kappa shape index (κ2) is 43.6. The zero-order chi connectivity index (χ0) is 42.6. The summed E-state index contributed by atoms with van der Waals surface area (Å²) in [6, 6.07) is -1.24. The van der Waals surface area contributed by atoms with Crippen LogP contribution in [0.2, 0.25) is 0 Å². The number of carbonyl (C=O) groups is 1. The normalized spacial score (nSPS) is 13.9. The quantitative estimate of drug-likeness (QED) is 0.0275. The number of allylic oxidation sites excluding steroid dienone is 5. The molecular weight excluding hydrogens is 743 g/mol. The summed E-state index contributed by atoms with van der Waals surface area (Å²) in [5.41, 5.74) is 0. The highest BCUT2D eigenvalue weighted by Crippen LogP contribution is 2.16. The van der Waals surface area contributed by atoms with Gasteiger partial charge < -0.3 is 15.5 Å². The number of nitrogens with one attached hydrogen (secondary N) is 1. The molecule has 342 valence electrons. The van der Waals surface area contributed by atoms with Crippen molar-refractivity contribution in [2.45, 2.75) is 270 Å². The van der Waals surface area contributed by atoms with Crippen molar-refractivity contribution in [1.29, 1.82) is 0 Å². The van der Waals surface area contributed by atoms with Crippen molar-refractivity contribution in [2.75, 3.05) is 5.75 Å². The molecule has 0 aromatic rings. The fourth-order valence-corrected chi connectivity index (χ4v) is 8.34. The second-order valence-electron chi connectivity index (χ2n) is 17.2. The average molecular weight is 838 g/mol. The first-order chi connectivity index (χ1) is 28.2. The molecule has 8 heteroatoms. The van der Waals surface area contributed by atoms with E-state index in [1.807, 2.05) is 6.08 Å². The second-order valence-corrected chi connectivity index (χ2v) is 18.7. The van der Waals surface area contributed by atoms with Crippen molar-refractivity contribution in [3.63, 3.8) is 0 Å². The lowest BCUT2D eigenvalue weighted by atomic mass is 10.0. The third kappa shape index (κ3) is 42.6. The van der Waals surface area contributed by atoms with Crippen LogP contribution in [-0.2, 0) is 14.9 Å². The van der Waals surface area contributed by atoms with Crippen molar-refractivity contribution in [1.82, 2.24) is 5.32 Å². The Morgan fingerprint density at radius 3 is 1.17 bits per heavy atom.